The summed E-state index contributed by atoms with van der Waals surface area (Å²) < 4.78 is 0. The molecule has 1 heterocycles. The van der Waals surface area contributed by atoms with Crippen molar-refractivity contribution in [2.75, 3.05) is 11.1 Å². The number of fused-ring (bicyclic) bond motifs is 1. The zero-order chi connectivity index (χ0) is 14.1. The van der Waals surface area contributed by atoms with E-state index in [9.17, 15) is 0 Å². The Kier molecular flexibility index (Phi) is 3.16. The van der Waals surface area contributed by atoms with Gasteiger partial charge in [-0.15, -0.1) is 0 Å². The Labute approximate surface area is 121 Å². The summed E-state index contributed by atoms with van der Waals surface area (Å²) in [6, 6.07) is 13.4. The van der Waals surface area contributed by atoms with Gasteiger partial charge in [-0.2, -0.15) is 4.98 Å². The van der Waals surface area contributed by atoms with E-state index in [2.05, 4.69) is 15.3 Å². The molecule has 5 heteroatoms. The van der Waals surface area contributed by atoms with Crippen LogP contribution in [0, 0.1) is 6.92 Å². The molecule has 0 unspecified atom stereocenters. The minimum Gasteiger partial charge on any atom is -0.368 e. The van der Waals surface area contributed by atoms with Crippen LogP contribution in [0.2, 0.25) is 5.02 Å². The molecule has 3 rings (SSSR count). The molecule has 0 spiro atoms. The fourth-order valence-electron chi connectivity index (χ4n) is 2.06. The number of nitrogens with one attached hydrogen (secondary N) is 1. The van der Waals surface area contributed by atoms with Crippen LogP contribution in [0.5, 0.6) is 0 Å². The van der Waals surface area contributed by atoms with E-state index in [4.69, 9.17) is 17.3 Å². The van der Waals surface area contributed by atoms with Gasteiger partial charge in [-0.05, 0) is 36.8 Å². The highest BCUT2D eigenvalue weighted by Crippen LogP contribution is 2.28. The number of halogens is 1. The zero-order valence-electron chi connectivity index (χ0n) is 10.9. The predicted molar refractivity (Wildman–Crippen MR) is 83.4 cm³/mol. The fourth-order valence-corrected chi connectivity index (χ4v) is 2.23. The molecule has 0 saturated carbocycles. The second-order valence-electron chi connectivity index (χ2n) is 4.48. The number of benzene rings is 2. The summed E-state index contributed by atoms with van der Waals surface area (Å²) in [7, 11) is 0. The van der Waals surface area contributed by atoms with Gasteiger partial charge in [-0.25, -0.2) is 4.98 Å². The molecule has 0 aliphatic rings. The van der Waals surface area contributed by atoms with E-state index in [0.29, 0.717) is 10.8 Å². The summed E-state index contributed by atoms with van der Waals surface area (Å²) >= 11 is 6.13. The second-order valence-corrected chi connectivity index (χ2v) is 4.89. The van der Waals surface area contributed by atoms with E-state index < -0.39 is 0 Å². The van der Waals surface area contributed by atoms with E-state index in [-0.39, 0.29) is 5.95 Å². The van der Waals surface area contributed by atoms with Crippen LogP contribution in [-0.2, 0) is 0 Å². The van der Waals surface area contributed by atoms with Gasteiger partial charge in [0.05, 0.1) is 5.52 Å². The van der Waals surface area contributed by atoms with Crippen LogP contribution < -0.4 is 11.1 Å². The number of nitrogen functional groups attached to an aromatic ring is 1. The van der Waals surface area contributed by atoms with E-state index in [1.165, 1.54) is 0 Å². The number of hydrogen-bond donors (Lipinski definition) is 2. The highest BCUT2D eigenvalue weighted by molar-refractivity contribution is 6.31. The molecular formula is C15H13ClN4. The topological polar surface area (TPSA) is 63.8 Å². The first-order valence-corrected chi connectivity index (χ1v) is 6.57. The monoisotopic (exact) mass is 284 g/mol. The molecule has 100 valence electrons. The fraction of sp³-hybridized carbons (Fsp3) is 0.0667. The summed E-state index contributed by atoms with van der Waals surface area (Å²) in [5, 5.41) is 4.91. The average Bonchev–Trinajstić information content (AvgIpc) is 2.43. The number of nitrogens with two attached hydrogens (primary N) is 1. The Morgan fingerprint density at radius 1 is 1.05 bits per heavy atom. The number of nitrogens with zero attached hydrogens (tertiary/aromatic N) is 2. The van der Waals surface area contributed by atoms with Crippen molar-refractivity contribution in [1.29, 1.82) is 0 Å². The molecule has 20 heavy (non-hydrogen) atoms. The molecule has 4 nitrogen and oxygen atoms in total. The maximum atomic E-state index is 6.13. The molecule has 0 amide bonds. The van der Waals surface area contributed by atoms with Gasteiger partial charge in [-0.3, -0.25) is 0 Å². The van der Waals surface area contributed by atoms with Crippen molar-refractivity contribution in [3.05, 3.63) is 53.1 Å². The van der Waals surface area contributed by atoms with Gasteiger partial charge in [-0.1, -0.05) is 29.8 Å². The number of rotatable bonds is 2. The third kappa shape index (κ3) is 2.26. The van der Waals surface area contributed by atoms with E-state index in [1.807, 2.05) is 49.4 Å². The van der Waals surface area contributed by atoms with Gasteiger partial charge < -0.3 is 11.1 Å². The van der Waals surface area contributed by atoms with Crippen LogP contribution in [-0.4, -0.2) is 9.97 Å². The summed E-state index contributed by atoms with van der Waals surface area (Å²) in [5.74, 6) is 0.921. The molecule has 3 N–H and O–H groups in total. The van der Waals surface area contributed by atoms with Crippen LogP contribution in [0.3, 0.4) is 0 Å². The van der Waals surface area contributed by atoms with Crippen molar-refractivity contribution in [1.82, 2.24) is 9.97 Å². The first-order chi connectivity index (χ1) is 9.65. The molecule has 2 aromatic carbocycles. The van der Waals surface area contributed by atoms with Gasteiger partial charge in [0.25, 0.3) is 0 Å². The molecule has 0 fully saturated rings. The van der Waals surface area contributed by atoms with Crippen LogP contribution in [0.4, 0.5) is 17.5 Å². The van der Waals surface area contributed by atoms with Gasteiger partial charge in [0.15, 0.2) is 0 Å². The standard InChI is InChI=1S/C15H13ClN4/c1-9-11(16)6-4-8-12(9)18-14-10-5-2-3-7-13(10)19-15(17)20-14/h2-8H,1H3,(H3,17,18,19,20). The van der Waals surface area contributed by atoms with Crippen molar-refractivity contribution in [2.45, 2.75) is 6.92 Å². The average molecular weight is 285 g/mol. The molecule has 0 saturated heterocycles. The minimum absolute atomic E-state index is 0.242. The molecule has 1 aromatic heterocycles. The van der Waals surface area contributed by atoms with Gasteiger partial charge in [0.2, 0.25) is 5.95 Å². The number of aromatic nitrogens is 2. The summed E-state index contributed by atoms with van der Waals surface area (Å²) in [5.41, 5.74) is 8.44. The number of para-hydroxylation sites is 1. The summed E-state index contributed by atoms with van der Waals surface area (Å²) in [6.45, 7) is 1.96. The first kappa shape index (κ1) is 12.7. The number of hydrogen-bond acceptors (Lipinski definition) is 4. The maximum Gasteiger partial charge on any atom is 0.222 e. The summed E-state index contributed by atoms with van der Waals surface area (Å²) in [6.07, 6.45) is 0. The first-order valence-electron chi connectivity index (χ1n) is 6.19. The Morgan fingerprint density at radius 3 is 2.70 bits per heavy atom. The van der Waals surface area contributed by atoms with Crippen LogP contribution in [0.15, 0.2) is 42.5 Å². The van der Waals surface area contributed by atoms with E-state index in [0.717, 1.165) is 22.2 Å². The lowest BCUT2D eigenvalue weighted by molar-refractivity contribution is 1.23. The minimum atomic E-state index is 0.242. The Morgan fingerprint density at radius 2 is 1.85 bits per heavy atom. The van der Waals surface area contributed by atoms with Crippen molar-refractivity contribution in [2.24, 2.45) is 0 Å². The van der Waals surface area contributed by atoms with Gasteiger partial charge in [0, 0.05) is 16.1 Å². The molecule has 0 bridgehead atoms. The Balaban J connectivity index is 2.13. The highest BCUT2D eigenvalue weighted by Gasteiger charge is 2.08. The predicted octanol–water partition coefficient (Wildman–Crippen LogP) is 3.92. The molecule has 0 aliphatic heterocycles. The van der Waals surface area contributed by atoms with Crippen LogP contribution in [0.1, 0.15) is 5.56 Å². The smallest absolute Gasteiger partial charge is 0.222 e. The molecular weight excluding hydrogens is 272 g/mol. The van der Waals surface area contributed by atoms with Crippen molar-refractivity contribution in [3.63, 3.8) is 0 Å². The quantitative estimate of drug-likeness (QED) is 0.749. The zero-order valence-corrected chi connectivity index (χ0v) is 11.6. The second kappa shape index (κ2) is 4.98. The third-order valence-corrected chi connectivity index (χ3v) is 3.55. The lowest BCUT2D eigenvalue weighted by Gasteiger charge is -2.12. The van der Waals surface area contributed by atoms with Gasteiger partial charge >= 0.3 is 0 Å². The van der Waals surface area contributed by atoms with Crippen LogP contribution in [0.25, 0.3) is 10.9 Å². The molecule has 0 radical (unpaired) electrons. The lowest BCUT2D eigenvalue weighted by atomic mass is 10.2. The van der Waals surface area contributed by atoms with Crippen molar-refractivity contribution in [3.8, 4) is 0 Å². The molecule has 0 atom stereocenters. The highest BCUT2D eigenvalue weighted by atomic mass is 35.5. The van der Waals surface area contributed by atoms with Gasteiger partial charge in [0.1, 0.15) is 5.82 Å². The Hall–Kier alpha value is -2.33. The SMILES string of the molecule is Cc1c(Cl)cccc1Nc1nc(N)nc2ccccc12. The largest absolute Gasteiger partial charge is 0.368 e. The summed E-state index contributed by atoms with van der Waals surface area (Å²) in [4.78, 5) is 8.50. The molecule has 0 aliphatic carbocycles. The Bertz CT molecular complexity index is 786. The molecule has 3 aromatic rings. The van der Waals surface area contributed by atoms with Crippen molar-refractivity contribution < 1.29 is 0 Å². The third-order valence-electron chi connectivity index (χ3n) is 3.14. The van der Waals surface area contributed by atoms with E-state index in [1.54, 1.807) is 0 Å². The van der Waals surface area contributed by atoms with E-state index >= 15 is 0 Å². The normalized spacial score (nSPS) is 10.7. The number of anilines is 3. The maximum absolute atomic E-state index is 6.13. The van der Waals surface area contributed by atoms with Crippen LogP contribution >= 0.6 is 11.6 Å². The van der Waals surface area contributed by atoms with Crippen molar-refractivity contribution >= 4 is 40.0 Å². The lowest BCUT2D eigenvalue weighted by Crippen LogP contribution is -2.02.